The molecule has 0 radical (unpaired) electrons. The third-order valence-electron chi connectivity index (χ3n) is 7.67. The van der Waals surface area contributed by atoms with Crippen LogP contribution in [0.3, 0.4) is 0 Å². The highest BCUT2D eigenvalue weighted by molar-refractivity contribution is 5.79. The molecule has 0 aromatic heterocycles. The molecular weight excluding hydrogens is 467 g/mol. The van der Waals surface area contributed by atoms with Gasteiger partial charge in [0, 0.05) is 11.1 Å². The molecule has 0 amide bonds. The van der Waals surface area contributed by atoms with Crippen LogP contribution in [0.1, 0.15) is 76.1 Å². The van der Waals surface area contributed by atoms with E-state index in [1.165, 1.54) is 11.6 Å². The largest absolute Gasteiger partial charge is 0.452 e. The predicted octanol–water partition coefficient (Wildman–Crippen LogP) is 7.63. The SMILES string of the molecule is CC(=CCCC(C)(O)C(C)CCc1c2oc3cc(C(F)(F)F)ccc3nc-2c(C)c(C)c1=O)C(C)C. The first-order valence-corrected chi connectivity index (χ1v) is 12.5. The lowest BCUT2D eigenvalue weighted by molar-refractivity contribution is -0.137. The maximum atomic E-state index is 13.2. The molecule has 0 saturated carbocycles. The molecular formula is C29H36F3NO3. The van der Waals surface area contributed by atoms with E-state index in [2.05, 4.69) is 31.8 Å². The molecule has 1 aliphatic heterocycles. The van der Waals surface area contributed by atoms with Gasteiger partial charge in [0.2, 0.25) is 0 Å². The van der Waals surface area contributed by atoms with Gasteiger partial charge in [0.15, 0.2) is 16.8 Å². The van der Waals surface area contributed by atoms with Gasteiger partial charge in [0.05, 0.1) is 11.2 Å². The van der Waals surface area contributed by atoms with E-state index in [0.717, 1.165) is 18.6 Å². The number of nitrogens with zero attached hydrogens (tertiary/aromatic N) is 1. The normalized spacial score (nSPS) is 15.6. The first-order chi connectivity index (χ1) is 16.6. The molecule has 36 heavy (non-hydrogen) atoms. The van der Waals surface area contributed by atoms with Crippen molar-refractivity contribution in [2.45, 2.75) is 85.9 Å². The van der Waals surface area contributed by atoms with E-state index in [4.69, 9.17) is 4.42 Å². The highest BCUT2D eigenvalue weighted by atomic mass is 19.4. The first kappa shape index (κ1) is 27.9. The molecule has 1 aromatic rings. The molecule has 0 saturated heterocycles. The predicted molar refractivity (Wildman–Crippen MR) is 137 cm³/mol. The Morgan fingerprint density at radius 2 is 1.83 bits per heavy atom. The molecule has 0 bridgehead atoms. The Morgan fingerprint density at radius 3 is 2.44 bits per heavy atom. The Bertz CT molecular complexity index is 1300. The highest BCUT2D eigenvalue weighted by Crippen LogP contribution is 2.36. The summed E-state index contributed by atoms with van der Waals surface area (Å²) in [5.74, 6) is 0.561. The monoisotopic (exact) mass is 503 g/mol. The van der Waals surface area contributed by atoms with Crippen molar-refractivity contribution >= 4 is 11.1 Å². The lowest BCUT2D eigenvalue weighted by atomic mass is 9.82. The number of aliphatic hydroxyl groups is 1. The summed E-state index contributed by atoms with van der Waals surface area (Å²) in [4.78, 5) is 17.8. The van der Waals surface area contributed by atoms with E-state index < -0.39 is 17.3 Å². The molecule has 2 unspecified atom stereocenters. The Morgan fingerprint density at radius 1 is 1.17 bits per heavy atom. The Hall–Kier alpha value is -2.67. The molecule has 0 fully saturated rings. The minimum Gasteiger partial charge on any atom is -0.452 e. The summed E-state index contributed by atoms with van der Waals surface area (Å²) in [6.45, 7) is 13.6. The van der Waals surface area contributed by atoms with Crippen LogP contribution < -0.4 is 5.43 Å². The second-order valence-electron chi connectivity index (χ2n) is 10.6. The van der Waals surface area contributed by atoms with Crippen LogP contribution in [0.15, 0.2) is 39.1 Å². The van der Waals surface area contributed by atoms with E-state index in [1.54, 1.807) is 13.8 Å². The molecule has 2 atom stereocenters. The molecule has 1 aliphatic carbocycles. The van der Waals surface area contributed by atoms with E-state index >= 15 is 0 Å². The number of hydrogen-bond acceptors (Lipinski definition) is 4. The van der Waals surface area contributed by atoms with Crippen molar-refractivity contribution in [3.05, 3.63) is 62.3 Å². The topological polar surface area (TPSA) is 63.3 Å². The van der Waals surface area contributed by atoms with Gasteiger partial charge in [-0.05, 0) is 89.0 Å². The Labute approximate surface area is 210 Å². The summed E-state index contributed by atoms with van der Waals surface area (Å²) in [6.07, 6.45) is -0.171. The second-order valence-corrected chi connectivity index (χ2v) is 10.6. The average Bonchev–Trinajstić information content (AvgIpc) is 2.80. The lowest BCUT2D eigenvalue weighted by Crippen LogP contribution is -2.33. The fraction of sp³-hybridized carbons (Fsp3) is 0.517. The first-order valence-electron chi connectivity index (χ1n) is 12.5. The van der Waals surface area contributed by atoms with Crippen molar-refractivity contribution in [1.82, 2.24) is 4.98 Å². The van der Waals surface area contributed by atoms with Crippen LogP contribution in [-0.2, 0) is 12.6 Å². The number of alkyl halides is 3. The van der Waals surface area contributed by atoms with Crippen molar-refractivity contribution in [3.8, 4) is 11.5 Å². The minimum absolute atomic E-state index is 0.0198. The van der Waals surface area contributed by atoms with Crippen molar-refractivity contribution in [2.75, 3.05) is 0 Å². The van der Waals surface area contributed by atoms with E-state index in [1.807, 2.05) is 13.8 Å². The van der Waals surface area contributed by atoms with Crippen molar-refractivity contribution < 1.29 is 22.7 Å². The number of benzene rings is 2. The maximum absolute atomic E-state index is 13.2. The zero-order valence-corrected chi connectivity index (χ0v) is 22.1. The smallest absolute Gasteiger partial charge is 0.416 e. The van der Waals surface area contributed by atoms with Crippen LogP contribution in [0, 0.1) is 25.7 Å². The van der Waals surface area contributed by atoms with Crippen LogP contribution in [0.5, 0.6) is 0 Å². The van der Waals surface area contributed by atoms with E-state index in [-0.39, 0.29) is 22.7 Å². The summed E-state index contributed by atoms with van der Waals surface area (Å²) in [5, 5.41) is 11.1. The van der Waals surface area contributed by atoms with Gasteiger partial charge >= 0.3 is 6.18 Å². The summed E-state index contributed by atoms with van der Waals surface area (Å²) >= 11 is 0. The number of allylic oxidation sites excluding steroid dienone is 2. The van der Waals surface area contributed by atoms with Gasteiger partial charge < -0.3 is 9.52 Å². The average molecular weight is 504 g/mol. The van der Waals surface area contributed by atoms with E-state index in [9.17, 15) is 23.1 Å². The minimum atomic E-state index is -4.52. The zero-order valence-electron chi connectivity index (χ0n) is 22.1. The van der Waals surface area contributed by atoms with Gasteiger partial charge in [0.25, 0.3) is 0 Å². The molecule has 7 heteroatoms. The quantitative estimate of drug-likeness (QED) is 0.254. The molecule has 4 nitrogen and oxygen atoms in total. The van der Waals surface area contributed by atoms with Gasteiger partial charge in [-0.15, -0.1) is 0 Å². The van der Waals surface area contributed by atoms with Crippen LogP contribution in [0.2, 0.25) is 0 Å². The molecule has 2 aliphatic rings. The van der Waals surface area contributed by atoms with Crippen LogP contribution in [-0.4, -0.2) is 15.7 Å². The van der Waals surface area contributed by atoms with Gasteiger partial charge in [0.1, 0.15) is 11.2 Å². The number of aromatic nitrogens is 1. The number of halogens is 3. The summed E-state index contributed by atoms with van der Waals surface area (Å²) < 4.78 is 45.7. The summed E-state index contributed by atoms with van der Waals surface area (Å²) in [7, 11) is 0. The fourth-order valence-electron chi connectivity index (χ4n) is 4.30. The third kappa shape index (κ3) is 5.83. The molecule has 1 N–H and O–H groups in total. The fourth-order valence-corrected chi connectivity index (χ4v) is 4.30. The zero-order chi connectivity index (χ0) is 27.0. The summed E-state index contributed by atoms with van der Waals surface area (Å²) in [5.41, 5.74) is 1.65. The number of rotatable bonds is 8. The lowest BCUT2D eigenvalue weighted by Gasteiger charge is -2.30. The second kappa shape index (κ2) is 10.4. The van der Waals surface area contributed by atoms with Crippen LogP contribution in [0.25, 0.3) is 22.6 Å². The highest BCUT2D eigenvalue weighted by Gasteiger charge is 2.32. The molecule has 3 rings (SSSR count). The molecule has 196 valence electrons. The molecule has 0 spiro atoms. The molecule has 1 heterocycles. The number of hydrogen-bond donors (Lipinski definition) is 1. The third-order valence-corrected chi connectivity index (χ3v) is 7.67. The van der Waals surface area contributed by atoms with Crippen LogP contribution in [0.4, 0.5) is 13.2 Å². The molecule has 1 aromatic carbocycles. The number of fused-ring (bicyclic) bond motifs is 2. The van der Waals surface area contributed by atoms with Crippen molar-refractivity contribution in [3.63, 3.8) is 0 Å². The Kier molecular flexibility index (Phi) is 8.04. The van der Waals surface area contributed by atoms with Crippen LogP contribution >= 0.6 is 0 Å². The van der Waals surface area contributed by atoms with Gasteiger partial charge in [-0.2, -0.15) is 13.2 Å². The van der Waals surface area contributed by atoms with Crippen molar-refractivity contribution in [2.24, 2.45) is 11.8 Å². The Balaban J connectivity index is 1.95. The van der Waals surface area contributed by atoms with Gasteiger partial charge in [-0.1, -0.05) is 32.4 Å². The maximum Gasteiger partial charge on any atom is 0.416 e. The van der Waals surface area contributed by atoms with E-state index in [0.29, 0.717) is 53.1 Å². The van der Waals surface area contributed by atoms with Crippen molar-refractivity contribution in [1.29, 1.82) is 0 Å². The summed E-state index contributed by atoms with van der Waals surface area (Å²) in [6, 6.07) is 3.18. The van der Waals surface area contributed by atoms with Gasteiger partial charge in [-0.25, -0.2) is 4.98 Å². The van der Waals surface area contributed by atoms with Gasteiger partial charge in [-0.3, -0.25) is 4.79 Å². The standard InChI is InChI=1S/C29H36F3NO3/c1-16(2)17(3)9-8-14-28(7,35)18(4)10-12-22-26(34)20(6)19(5)25-27(22)36-24-15-21(29(30,31)32)11-13-23(24)33-25/h9,11,13,15-16,18,35H,8,10,12,14H2,1-7H3.